The highest BCUT2D eigenvalue weighted by atomic mass is 32.1. The predicted octanol–water partition coefficient (Wildman–Crippen LogP) is 3.02. The van der Waals surface area contributed by atoms with Gasteiger partial charge in [0.1, 0.15) is 0 Å². The Morgan fingerprint density at radius 3 is 2.88 bits per heavy atom. The van der Waals surface area contributed by atoms with Crippen LogP contribution in [0.5, 0.6) is 0 Å². The Kier molecular flexibility index (Phi) is 7.09. The number of carbonyl (C=O) groups is 1. The lowest BCUT2D eigenvalue weighted by Gasteiger charge is -2.33. The third-order valence-electron chi connectivity index (χ3n) is 4.82. The van der Waals surface area contributed by atoms with Crippen molar-refractivity contribution in [3.8, 4) is 0 Å². The molecule has 1 fully saturated rings. The molecule has 0 amide bonds. The monoisotopic (exact) mass is 351 g/mol. The van der Waals surface area contributed by atoms with Crippen molar-refractivity contribution in [1.82, 2.24) is 14.8 Å². The summed E-state index contributed by atoms with van der Waals surface area (Å²) in [5, 5.41) is 4.12. The van der Waals surface area contributed by atoms with Crippen LogP contribution in [0.1, 0.15) is 50.8 Å². The molecular formula is C18H29N3O2S. The second kappa shape index (κ2) is 9.06. The van der Waals surface area contributed by atoms with E-state index in [0.29, 0.717) is 19.0 Å². The van der Waals surface area contributed by atoms with Gasteiger partial charge in [-0.25, -0.2) is 0 Å². The molecule has 1 aromatic heterocycles. The van der Waals surface area contributed by atoms with Crippen LogP contribution in [0.4, 0.5) is 0 Å². The first-order chi connectivity index (χ1) is 11.5. The zero-order chi connectivity index (χ0) is 17.5. The van der Waals surface area contributed by atoms with Gasteiger partial charge < -0.3 is 19.5 Å². The molecule has 6 heteroatoms. The van der Waals surface area contributed by atoms with Gasteiger partial charge in [-0.15, -0.1) is 0 Å². The number of ether oxygens (including phenoxy) is 1. The van der Waals surface area contributed by atoms with E-state index in [4.69, 9.17) is 12.2 Å². The van der Waals surface area contributed by atoms with Gasteiger partial charge in [0.05, 0.1) is 13.2 Å². The first kappa shape index (κ1) is 18.8. The van der Waals surface area contributed by atoms with Gasteiger partial charge in [-0.1, -0.05) is 6.92 Å². The molecular weight excluding hydrogens is 322 g/mol. The van der Waals surface area contributed by atoms with Crippen molar-refractivity contribution < 1.29 is 9.53 Å². The lowest BCUT2D eigenvalue weighted by Crippen LogP contribution is -2.42. The number of esters is 1. The Bertz CT molecular complexity index is 558. The quantitative estimate of drug-likeness (QED) is 0.502. The molecule has 134 valence electrons. The van der Waals surface area contributed by atoms with Crippen LogP contribution < -0.4 is 5.32 Å². The number of hydrogen-bond acceptors (Lipinski definition) is 3. The largest absolute Gasteiger partial charge is 0.469 e. The van der Waals surface area contributed by atoms with Gasteiger partial charge >= 0.3 is 5.97 Å². The van der Waals surface area contributed by atoms with Gasteiger partial charge in [0.15, 0.2) is 5.11 Å². The third kappa shape index (κ3) is 4.97. The van der Waals surface area contributed by atoms with Crippen LogP contribution in [0.2, 0.25) is 0 Å². The van der Waals surface area contributed by atoms with E-state index in [-0.39, 0.29) is 5.97 Å². The Hall–Kier alpha value is -1.56. The number of aromatic nitrogens is 1. The summed E-state index contributed by atoms with van der Waals surface area (Å²) in [6, 6.07) is 4.60. The van der Waals surface area contributed by atoms with Crippen LogP contribution in [-0.4, -0.2) is 40.7 Å². The summed E-state index contributed by atoms with van der Waals surface area (Å²) in [5.41, 5.74) is 1.31. The molecule has 1 aromatic rings. The maximum Gasteiger partial charge on any atom is 0.305 e. The lowest BCUT2D eigenvalue weighted by atomic mass is 10.0. The Morgan fingerprint density at radius 2 is 2.21 bits per heavy atom. The van der Waals surface area contributed by atoms with E-state index in [0.717, 1.165) is 36.8 Å². The van der Waals surface area contributed by atoms with Crippen molar-refractivity contribution in [3.63, 3.8) is 0 Å². The number of rotatable bonds is 5. The molecule has 1 aliphatic rings. The fraction of sp³-hybridized carbons (Fsp3) is 0.667. The molecule has 1 N–H and O–H groups in total. The molecule has 0 radical (unpaired) electrons. The van der Waals surface area contributed by atoms with Gasteiger partial charge in [-0.05, 0) is 56.0 Å². The summed E-state index contributed by atoms with van der Waals surface area (Å²) in [7, 11) is 3.51. The van der Waals surface area contributed by atoms with Crippen molar-refractivity contribution in [3.05, 3.63) is 24.0 Å². The first-order valence-electron chi connectivity index (χ1n) is 8.75. The SMILES string of the molecule is COC(=O)CCCNC(=S)N1CC[C@@H](C)CC[C@H]1c1cccn1C. The van der Waals surface area contributed by atoms with Crippen molar-refractivity contribution >= 4 is 23.3 Å². The molecule has 0 aliphatic carbocycles. The third-order valence-corrected chi connectivity index (χ3v) is 5.20. The molecule has 2 rings (SSSR count). The summed E-state index contributed by atoms with van der Waals surface area (Å²) in [6.45, 7) is 3.98. The van der Waals surface area contributed by atoms with Crippen molar-refractivity contribution in [2.45, 2.75) is 45.1 Å². The molecule has 2 heterocycles. The number of likely N-dealkylation sites (tertiary alicyclic amines) is 1. The number of thiocarbonyl (C=S) groups is 1. The fourth-order valence-electron chi connectivity index (χ4n) is 3.26. The number of carbonyl (C=O) groups excluding carboxylic acids is 1. The predicted molar refractivity (Wildman–Crippen MR) is 99.7 cm³/mol. The number of hydrogen-bond donors (Lipinski definition) is 1. The zero-order valence-electron chi connectivity index (χ0n) is 15.0. The Labute approximate surface area is 150 Å². The maximum atomic E-state index is 11.2. The molecule has 2 atom stereocenters. The summed E-state index contributed by atoms with van der Waals surface area (Å²) in [5.74, 6) is 0.549. The summed E-state index contributed by atoms with van der Waals surface area (Å²) in [6.07, 6.45) is 6.73. The minimum Gasteiger partial charge on any atom is -0.469 e. The number of nitrogens with zero attached hydrogens (tertiary/aromatic N) is 2. The van der Waals surface area contributed by atoms with E-state index >= 15 is 0 Å². The zero-order valence-corrected chi connectivity index (χ0v) is 15.8. The van der Waals surface area contributed by atoms with Gasteiger partial charge in [0.25, 0.3) is 0 Å². The van der Waals surface area contributed by atoms with Crippen LogP contribution in [0.25, 0.3) is 0 Å². The Balaban J connectivity index is 1.99. The van der Waals surface area contributed by atoms with Crippen LogP contribution >= 0.6 is 12.2 Å². The molecule has 5 nitrogen and oxygen atoms in total. The second-order valence-corrected chi connectivity index (χ2v) is 7.02. The van der Waals surface area contributed by atoms with Gasteiger partial charge in [0.2, 0.25) is 0 Å². The molecule has 0 spiro atoms. The minimum absolute atomic E-state index is 0.173. The van der Waals surface area contributed by atoms with Crippen molar-refractivity contribution in [2.75, 3.05) is 20.2 Å². The summed E-state index contributed by atoms with van der Waals surface area (Å²) >= 11 is 5.66. The van der Waals surface area contributed by atoms with E-state index in [2.05, 4.69) is 51.8 Å². The average Bonchev–Trinajstić information content (AvgIpc) is 2.89. The molecule has 0 aromatic carbocycles. The molecule has 0 saturated carbocycles. The van der Waals surface area contributed by atoms with E-state index in [9.17, 15) is 4.79 Å². The van der Waals surface area contributed by atoms with E-state index < -0.39 is 0 Å². The van der Waals surface area contributed by atoms with E-state index in [1.54, 1.807) is 0 Å². The van der Waals surface area contributed by atoms with Gasteiger partial charge in [-0.3, -0.25) is 4.79 Å². The average molecular weight is 352 g/mol. The highest BCUT2D eigenvalue weighted by Crippen LogP contribution is 2.32. The lowest BCUT2D eigenvalue weighted by molar-refractivity contribution is -0.140. The van der Waals surface area contributed by atoms with Gasteiger partial charge in [-0.2, -0.15) is 0 Å². The van der Waals surface area contributed by atoms with Crippen LogP contribution in [-0.2, 0) is 16.6 Å². The number of aryl methyl sites for hydroxylation is 1. The normalized spacial score (nSPS) is 21.2. The highest BCUT2D eigenvalue weighted by Gasteiger charge is 2.28. The van der Waals surface area contributed by atoms with Crippen molar-refractivity contribution in [1.29, 1.82) is 0 Å². The minimum atomic E-state index is -0.173. The number of methoxy groups -OCH3 is 1. The summed E-state index contributed by atoms with van der Waals surface area (Å²) < 4.78 is 6.86. The molecule has 0 bridgehead atoms. The molecule has 1 saturated heterocycles. The van der Waals surface area contributed by atoms with Gasteiger partial charge in [0, 0.05) is 38.4 Å². The van der Waals surface area contributed by atoms with E-state index in [1.807, 2.05) is 0 Å². The topological polar surface area (TPSA) is 46.5 Å². The molecule has 24 heavy (non-hydrogen) atoms. The van der Waals surface area contributed by atoms with Crippen molar-refractivity contribution in [2.24, 2.45) is 13.0 Å². The fourth-order valence-corrected chi connectivity index (χ4v) is 3.58. The molecule has 1 aliphatic heterocycles. The Morgan fingerprint density at radius 1 is 1.42 bits per heavy atom. The van der Waals surface area contributed by atoms with E-state index in [1.165, 1.54) is 19.2 Å². The first-order valence-corrected chi connectivity index (χ1v) is 9.16. The highest BCUT2D eigenvalue weighted by molar-refractivity contribution is 7.80. The number of nitrogens with one attached hydrogen (secondary N) is 1. The van der Waals surface area contributed by atoms with Crippen LogP contribution in [0.15, 0.2) is 18.3 Å². The standard InChI is InChI=1S/C18H29N3O2S/c1-14-8-9-16(15-6-5-12-20(15)2)21(13-10-14)18(24)19-11-4-7-17(22)23-3/h5-6,12,14,16H,4,7-11,13H2,1-3H3,(H,19,24)/t14-,16-/m0/s1. The van der Waals surface area contributed by atoms with Crippen LogP contribution in [0, 0.1) is 5.92 Å². The van der Waals surface area contributed by atoms with Crippen LogP contribution in [0.3, 0.4) is 0 Å². The summed E-state index contributed by atoms with van der Waals surface area (Å²) in [4.78, 5) is 13.5. The molecule has 0 unspecified atom stereocenters. The smallest absolute Gasteiger partial charge is 0.305 e. The maximum absolute atomic E-state index is 11.2. The second-order valence-electron chi connectivity index (χ2n) is 6.64.